The highest BCUT2D eigenvalue weighted by atomic mass is 32.2. The normalized spacial score (nSPS) is 9.91. The lowest BCUT2D eigenvalue weighted by atomic mass is 10.1. The second-order valence-electron chi connectivity index (χ2n) is 4.29. The van der Waals surface area contributed by atoms with Gasteiger partial charge in [0.2, 0.25) is 0 Å². The molecule has 0 aliphatic rings. The van der Waals surface area contributed by atoms with Crippen LogP contribution in [0.25, 0.3) is 0 Å². The summed E-state index contributed by atoms with van der Waals surface area (Å²) in [5, 5.41) is 8.77. The molecule has 7 heteroatoms. The Morgan fingerprint density at radius 3 is 2.39 bits per heavy atom. The third-order valence-electron chi connectivity index (χ3n) is 2.84. The van der Waals surface area contributed by atoms with Crippen LogP contribution in [0.15, 0.2) is 28.0 Å². The predicted molar refractivity (Wildman–Crippen MR) is 78.5 cm³/mol. The van der Waals surface area contributed by atoms with E-state index in [0.29, 0.717) is 11.8 Å². The Morgan fingerprint density at radius 1 is 1.09 bits per heavy atom. The van der Waals surface area contributed by atoms with Gasteiger partial charge in [0, 0.05) is 4.90 Å². The molecule has 0 saturated carbocycles. The molecule has 2 N–H and O–H groups in total. The average Bonchev–Trinajstić information content (AvgIpc) is 2.55. The lowest BCUT2D eigenvalue weighted by Crippen LogP contribution is -2.04. The van der Waals surface area contributed by atoms with Crippen LogP contribution in [0.4, 0.5) is 23.2 Å². The van der Waals surface area contributed by atoms with E-state index in [4.69, 9.17) is 11.0 Å². The Kier molecular flexibility index (Phi) is 4.83. The SMILES string of the molecule is CC#Cc1c(N)c(F)c(F)c(Sc2ccc(F)c(C#N)c2)c1F. The molecule has 2 aromatic rings. The molecule has 2 rings (SSSR count). The molecule has 0 aromatic heterocycles. The number of nitrogens with two attached hydrogens (primary N) is 1. The van der Waals surface area contributed by atoms with Crippen molar-refractivity contribution in [2.24, 2.45) is 0 Å². The summed E-state index contributed by atoms with van der Waals surface area (Å²) in [6.45, 7) is 1.39. The summed E-state index contributed by atoms with van der Waals surface area (Å²) in [7, 11) is 0. The first-order valence-corrected chi connectivity index (χ1v) is 6.98. The quantitative estimate of drug-likeness (QED) is 0.387. The van der Waals surface area contributed by atoms with Crippen molar-refractivity contribution in [1.29, 1.82) is 5.26 Å². The molecule has 0 atom stereocenters. The number of anilines is 1. The van der Waals surface area contributed by atoms with Gasteiger partial charge < -0.3 is 5.73 Å². The van der Waals surface area contributed by atoms with Crippen molar-refractivity contribution in [2.75, 3.05) is 5.73 Å². The van der Waals surface area contributed by atoms with Crippen LogP contribution < -0.4 is 5.73 Å². The maximum absolute atomic E-state index is 14.4. The van der Waals surface area contributed by atoms with E-state index < -0.39 is 39.4 Å². The second kappa shape index (κ2) is 6.64. The molecule has 0 unspecified atom stereocenters. The van der Waals surface area contributed by atoms with Crippen molar-refractivity contribution in [3.8, 4) is 17.9 Å². The van der Waals surface area contributed by atoms with Gasteiger partial charge in [-0.05, 0) is 25.1 Å². The Bertz CT molecular complexity index is 892. The van der Waals surface area contributed by atoms with Gasteiger partial charge in [0.15, 0.2) is 17.5 Å². The molecule has 0 fully saturated rings. The van der Waals surface area contributed by atoms with Crippen LogP contribution in [0.1, 0.15) is 18.1 Å². The van der Waals surface area contributed by atoms with E-state index in [2.05, 4.69) is 11.8 Å². The molecular weight excluding hydrogens is 328 g/mol. The Morgan fingerprint density at radius 2 is 1.78 bits per heavy atom. The number of hydrogen-bond donors (Lipinski definition) is 1. The van der Waals surface area contributed by atoms with Gasteiger partial charge in [-0.25, -0.2) is 17.6 Å². The highest BCUT2D eigenvalue weighted by Crippen LogP contribution is 2.37. The first-order valence-electron chi connectivity index (χ1n) is 6.16. The molecule has 0 spiro atoms. The van der Waals surface area contributed by atoms with E-state index in [0.717, 1.165) is 12.1 Å². The summed E-state index contributed by atoms with van der Waals surface area (Å²) in [6, 6.07) is 4.92. The number of nitrogens with zero attached hydrogens (tertiary/aromatic N) is 1. The average molecular weight is 336 g/mol. The maximum atomic E-state index is 14.4. The predicted octanol–water partition coefficient (Wildman–Crippen LogP) is 4.22. The van der Waals surface area contributed by atoms with E-state index in [-0.39, 0.29) is 10.5 Å². The number of nitriles is 1. The van der Waals surface area contributed by atoms with Crippen LogP contribution in [-0.4, -0.2) is 0 Å². The second-order valence-corrected chi connectivity index (χ2v) is 5.37. The summed E-state index contributed by atoms with van der Waals surface area (Å²) >= 11 is 0.511. The highest BCUT2D eigenvalue weighted by Gasteiger charge is 2.23. The van der Waals surface area contributed by atoms with Crippen molar-refractivity contribution in [1.82, 2.24) is 0 Å². The Hall–Kier alpha value is -2.64. The van der Waals surface area contributed by atoms with Crippen molar-refractivity contribution in [3.63, 3.8) is 0 Å². The fourth-order valence-electron chi connectivity index (χ4n) is 1.76. The van der Waals surface area contributed by atoms with Gasteiger partial charge in [0.05, 0.1) is 21.7 Å². The van der Waals surface area contributed by atoms with Crippen molar-refractivity contribution in [3.05, 3.63) is 52.6 Å². The molecule has 0 bridgehead atoms. The Balaban J connectivity index is 2.60. The Labute approximate surface area is 133 Å². The van der Waals surface area contributed by atoms with Gasteiger partial charge in [-0.15, -0.1) is 5.92 Å². The number of rotatable bonds is 2. The third-order valence-corrected chi connectivity index (χ3v) is 3.90. The van der Waals surface area contributed by atoms with Gasteiger partial charge in [-0.1, -0.05) is 17.7 Å². The van der Waals surface area contributed by atoms with Crippen molar-refractivity contribution < 1.29 is 17.6 Å². The maximum Gasteiger partial charge on any atom is 0.184 e. The standard InChI is InChI=1S/C16H8F4N2S/c1-2-3-10-12(18)16(14(20)13(19)15(10)22)23-9-4-5-11(17)8(6-9)7-21/h4-6H,22H2,1H3. The first-order chi connectivity index (χ1) is 10.9. The third kappa shape index (κ3) is 3.10. The van der Waals surface area contributed by atoms with E-state index in [9.17, 15) is 17.6 Å². The molecule has 116 valence electrons. The van der Waals surface area contributed by atoms with E-state index in [1.807, 2.05) is 0 Å². The van der Waals surface area contributed by atoms with Crippen molar-refractivity contribution in [2.45, 2.75) is 16.7 Å². The molecule has 0 radical (unpaired) electrons. The lowest BCUT2D eigenvalue weighted by Gasteiger charge is -2.10. The number of nitrogen functional groups attached to an aromatic ring is 1. The van der Waals surface area contributed by atoms with E-state index in [1.165, 1.54) is 13.0 Å². The first kappa shape index (κ1) is 16.7. The van der Waals surface area contributed by atoms with Crippen LogP contribution in [-0.2, 0) is 0 Å². The monoisotopic (exact) mass is 336 g/mol. The van der Waals surface area contributed by atoms with Crippen LogP contribution in [0.3, 0.4) is 0 Å². The highest BCUT2D eigenvalue weighted by molar-refractivity contribution is 7.99. The van der Waals surface area contributed by atoms with Gasteiger partial charge in [0.1, 0.15) is 11.9 Å². The number of hydrogen-bond acceptors (Lipinski definition) is 3. The molecule has 0 heterocycles. The van der Waals surface area contributed by atoms with E-state index >= 15 is 0 Å². The zero-order valence-corrected chi connectivity index (χ0v) is 12.5. The summed E-state index contributed by atoms with van der Waals surface area (Å²) in [6.07, 6.45) is 0. The largest absolute Gasteiger partial charge is 0.395 e. The molecule has 0 aliphatic carbocycles. The summed E-state index contributed by atoms with van der Waals surface area (Å²) in [4.78, 5) is -0.495. The van der Waals surface area contributed by atoms with Crippen LogP contribution >= 0.6 is 11.8 Å². The molecule has 0 amide bonds. The minimum atomic E-state index is -1.46. The molecule has 0 aliphatic heterocycles. The van der Waals surface area contributed by atoms with Crippen LogP contribution in [0.5, 0.6) is 0 Å². The minimum Gasteiger partial charge on any atom is -0.395 e. The van der Waals surface area contributed by atoms with Crippen molar-refractivity contribution >= 4 is 17.4 Å². The number of benzene rings is 2. The van der Waals surface area contributed by atoms with Gasteiger partial charge in [-0.2, -0.15) is 5.26 Å². The smallest absolute Gasteiger partial charge is 0.184 e. The lowest BCUT2D eigenvalue weighted by molar-refractivity contribution is 0.469. The summed E-state index contributed by atoms with van der Waals surface area (Å²) < 4.78 is 55.4. The molecular formula is C16H8F4N2S. The number of halogens is 4. The molecule has 2 aromatic carbocycles. The van der Waals surface area contributed by atoms with Gasteiger partial charge in [0.25, 0.3) is 0 Å². The van der Waals surface area contributed by atoms with Gasteiger partial charge in [-0.3, -0.25) is 0 Å². The van der Waals surface area contributed by atoms with Gasteiger partial charge >= 0.3 is 0 Å². The fraction of sp³-hybridized carbons (Fsp3) is 0.0625. The zero-order chi connectivity index (χ0) is 17.1. The summed E-state index contributed by atoms with van der Waals surface area (Å²) in [5.74, 6) is -0.0885. The zero-order valence-electron chi connectivity index (χ0n) is 11.7. The van der Waals surface area contributed by atoms with Crippen LogP contribution in [0.2, 0.25) is 0 Å². The minimum absolute atomic E-state index is 0.167. The summed E-state index contributed by atoms with van der Waals surface area (Å²) in [5.41, 5.74) is 3.89. The fourth-order valence-corrected chi connectivity index (χ4v) is 2.68. The topological polar surface area (TPSA) is 49.8 Å². The molecule has 0 saturated heterocycles. The van der Waals surface area contributed by atoms with Crippen LogP contribution in [0, 0.1) is 46.4 Å². The molecule has 23 heavy (non-hydrogen) atoms. The van der Waals surface area contributed by atoms with E-state index in [1.54, 1.807) is 6.07 Å². The molecule has 2 nitrogen and oxygen atoms in total.